The number of nitrogens with one attached hydrogen (secondary N) is 1. The van der Waals surface area contributed by atoms with E-state index in [0.717, 1.165) is 17.7 Å². The predicted octanol–water partition coefficient (Wildman–Crippen LogP) is 4.27. The third-order valence-corrected chi connectivity index (χ3v) is 2.78. The number of alkyl halides is 3. The summed E-state index contributed by atoms with van der Waals surface area (Å²) in [5.41, 5.74) is 1.06. The minimum absolute atomic E-state index is 0.323. The second kappa shape index (κ2) is 5.36. The zero-order valence-corrected chi connectivity index (χ0v) is 10.7. The maximum Gasteiger partial charge on any atom is 0.416 e. The van der Waals surface area contributed by atoms with Crippen LogP contribution < -0.4 is 5.32 Å². The molecule has 0 saturated carbocycles. The minimum Gasteiger partial charge on any atom is -0.322 e. The molecule has 0 radical (unpaired) electrons. The first-order chi connectivity index (χ1) is 9.36. The van der Waals surface area contributed by atoms with Crippen LogP contribution in [0.15, 0.2) is 48.5 Å². The van der Waals surface area contributed by atoms with Crippen LogP contribution in [0.1, 0.15) is 21.5 Å². The number of hydrogen-bond acceptors (Lipinski definition) is 1. The highest BCUT2D eigenvalue weighted by Crippen LogP contribution is 2.29. The van der Waals surface area contributed by atoms with E-state index in [1.807, 2.05) is 6.92 Å². The van der Waals surface area contributed by atoms with Crippen molar-refractivity contribution in [3.8, 4) is 0 Å². The van der Waals surface area contributed by atoms with Crippen LogP contribution >= 0.6 is 0 Å². The Morgan fingerprint density at radius 3 is 2.00 bits per heavy atom. The summed E-state index contributed by atoms with van der Waals surface area (Å²) >= 11 is 0. The molecule has 1 N–H and O–H groups in total. The Morgan fingerprint density at radius 1 is 0.950 bits per heavy atom. The lowest BCUT2D eigenvalue weighted by Crippen LogP contribution is -2.12. The van der Waals surface area contributed by atoms with Gasteiger partial charge in [-0.3, -0.25) is 4.79 Å². The van der Waals surface area contributed by atoms with E-state index in [9.17, 15) is 18.0 Å². The van der Waals surface area contributed by atoms with E-state index in [2.05, 4.69) is 5.32 Å². The fourth-order valence-electron chi connectivity index (χ4n) is 1.65. The monoisotopic (exact) mass is 279 g/mol. The molecule has 20 heavy (non-hydrogen) atoms. The molecule has 0 atom stereocenters. The van der Waals surface area contributed by atoms with Gasteiger partial charge in [0.25, 0.3) is 5.91 Å². The van der Waals surface area contributed by atoms with Gasteiger partial charge in [0, 0.05) is 11.3 Å². The van der Waals surface area contributed by atoms with E-state index >= 15 is 0 Å². The van der Waals surface area contributed by atoms with Crippen LogP contribution in [-0.4, -0.2) is 5.91 Å². The van der Waals surface area contributed by atoms with Gasteiger partial charge < -0.3 is 5.32 Å². The lowest BCUT2D eigenvalue weighted by atomic mass is 10.1. The molecule has 0 bridgehead atoms. The van der Waals surface area contributed by atoms with Crippen molar-refractivity contribution in [1.29, 1.82) is 0 Å². The van der Waals surface area contributed by atoms with E-state index in [1.165, 1.54) is 12.1 Å². The van der Waals surface area contributed by atoms with Gasteiger partial charge in [-0.1, -0.05) is 17.7 Å². The molecule has 2 aromatic rings. The lowest BCUT2D eigenvalue weighted by Gasteiger charge is -2.09. The Balaban J connectivity index is 2.10. The summed E-state index contributed by atoms with van der Waals surface area (Å²) in [6.45, 7) is 1.90. The normalized spacial score (nSPS) is 11.2. The van der Waals surface area contributed by atoms with Gasteiger partial charge in [0.15, 0.2) is 0 Å². The van der Waals surface area contributed by atoms with E-state index in [-0.39, 0.29) is 5.91 Å². The number of anilines is 1. The predicted molar refractivity (Wildman–Crippen MR) is 70.6 cm³/mol. The van der Waals surface area contributed by atoms with Gasteiger partial charge in [-0.2, -0.15) is 13.2 Å². The van der Waals surface area contributed by atoms with E-state index in [1.54, 1.807) is 24.3 Å². The topological polar surface area (TPSA) is 29.1 Å². The average molecular weight is 279 g/mol. The Bertz CT molecular complexity index is 601. The Kier molecular flexibility index (Phi) is 3.79. The molecule has 0 unspecified atom stereocenters. The van der Waals surface area contributed by atoms with Crippen LogP contribution in [0.25, 0.3) is 0 Å². The van der Waals surface area contributed by atoms with Crippen molar-refractivity contribution in [2.75, 3.05) is 5.32 Å². The van der Waals surface area contributed by atoms with Crippen LogP contribution in [0.2, 0.25) is 0 Å². The highest BCUT2D eigenvalue weighted by molar-refractivity contribution is 6.04. The third kappa shape index (κ3) is 3.38. The highest BCUT2D eigenvalue weighted by atomic mass is 19.4. The maximum absolute atomic E-state index is 12.4. The first-order valence-electron chi connectivity index (χ1n) is 5.91. The molecular weight excluding hydrogens is 267 g/mol. The molecule has 0 heterocycles. The molecule has 0 saturated heterocycles. The molecule has 5 heteroatoms. The molecular formula is C15H12F3NO. The van der Waals surface area contributed by atoms with Crippen LogP contribution in [0.4, 0.5) is 18.9 Å². The number of halogens is 3. The summed E-state index contributed by atoms with van der Waals surface area (Å²) in [6, 6.07) is 11.2. The van der Waals surface area contributed by atoms with Gasteiger partial charge in [-0.25, -0.2) is 0 Å². The number of hydrogen-bond donors (Lipinski definition) is 1. The molecule has 0 aliphatic carbocycles. The zero-order chi connectivity index (χ0) is 14.8. The van der Waals surface area contributed by atoms with Gasteiger partial charge in [-0.15, -0.1) is 0 Å². The summed E-state index contributed by atoms with van der Waals surface area (Å²) in [6.07, 6.45) is -4.38. The highest BCUT2D eigenvalue weighted by Gasteiger charge is 2.29. The van der Waals surface area contributed by atoms with Gasteiger partial charge >= 0.3 is 6.18 Å². The van der Waals surface area contributed by atoms with Gasteiger partial charge in [0.2, 0.25) is 0 Å². The average Bonchev–Trinajstić information content (AvgIpc) is 2.39. The molecule has 2 aromatic carbocycles. The van der Waals surface area contributed by atoms with E-state index in [0.29, 0.717) is 11.3 Å². The van der Waals surface area contributed by atoms with Crippen molar-refractivity contribution in [2.24, 2.45) is 0 Å². The fourth-order valence-corrected chi connectivity index (χ4v) is 1.65. The number of amides is 1. The van der Waals surface area contributed by atoms with Crippen molar-refractivity contribution in [3.63, 3.8) is 0 Å². The number of carbonyl (C=O) groups is 1. The summed E-state index contributed by atoms with van der Waals surface area (Å²) < 4.78 is 37.2. The second-order valence-electron chi connectivity index (χ2n) is 4.40. The van der Waals surface area contributed by atoms with Crippen LogP contribution in [0, 0.1) is 6.92 Å². The van der Waals surface area contributed by atoms with Gasteiger partial charge in [-0.05, 0) is 43.3 Å². The number of rotatable bonds is 2. The molecule has 2 rings (SSSR count). The Morgan fingerprint density at radius 2 is 1.50 bits per heavy atom. The van der Waals surface area contributed by atoms with Crippen LogP contribution in [-0.2, 0) is 6.18 Å². The molecule has 0 aliphatic rings. The standard InChI is InChI=1S/C15H12F3NO/c1-10-2-4-11(5-3-10)14(20)19-13-8-6-12(7-9-13)15(16,17)18/h2-9H,1H3,(H,19,20). The molecule has 0 spiro atoms. The number of carbonyl (C=O) groups excluding carboxylic acids is 1. The van der Waals surface area contributed by atoms with Gasteiger partial charge in [0.05, 0.1) is 5.56 Å². The van der Waals surface area contributed by atoms with Crippen molar-refractivity contribution in [3.05, 3.63) is 65.2 Å². The first-order valence-corrected chi connectivity index (χ1v) is 5.91. The summed E-state index contributed by atoms with van der Waals surface area (Å²) in [5, 5.41) is 2.55. The van der Waals surface area contributed by atoms with Crippen molar-refractivity contribution in [2.45, 2.75) is 13.1 Å². The molecule has 0 fully saturated rings. The number of aryl methyl sites for hydroxylation is 1. The maximum atomic E-state index is 12.4. The first kappa shape index (κ1) is 14.1. The fraction of sp³-hybridized carbons (Fsp3) is 0.133. The quantitative estimate of drug-likeness (QED) is 0.874. The molecule has 0 aliphatic heterocycles. The number of benzene rings is 2. The molecule has 0 aromatic heterocycles. The SMILES string of the molecule is Cc1ccc(C(=O)Nc2ccc(C(F)(F)F)cc2)cc1. The largest absolute Gasteiger partial charge is 0.416 e. The van der Waals surface area contributed by atoms with Crippen molar-refractivity contribution < 1.29 is 18.0 Å². The van der Waals surface area contributed by atoms with E-state index in [4.69, 9.17) is 0 Å². The third-order valence-electron chi connectivity index (χ3n) is 2.78. The van der Waals surface area contributed by atoms with Crippen molar-refractivity contribution >= 4 is 11.6 Å². The van der Waals surface area contributed by atoms with Crippen LogP contribution in [0.5, 0.6) is 0 Å². The van der Waals surface area contributed by atoms with E-state index < -0.39 is 11.7 Å². The second-order valence-corrected chi connectivity index (χ2v) is 4.40. The van der Waals surface area contributed by atoms with Crippen LogP contribution in [0.3, 0.4) is 0 Å². The molecule has 2 nitrogen and oxygen atoms in total. The summed E-state index contributed by atoms with van der Waals surface area (Å²) in [5.74, 6) is -0.357. The molecule has 1 amide bonds. The Hall–Kier alpha value is -2.30. The summed E-state index contributed by atoms with van der Waals surface area (Å²) in [4.78, 5) is 11.9. The lowest BCUT2D eigenvalue weighted by molar-refractivity contribution is -0.137. The summed E-state index contributed by atoms with van der Waals surface area (Å²) in [7, 11) is 0. The smallest absolute Gasteiger partial charge is 0.322 e. The van der Waals surface area contributed by atoms with Crippen molar-refractivity contribution in [1.82, 2.24) is 0 Å². The zero-order valence-electron chi connectivity index (χ0n) is 10.7. The minimum atomic E-state index is -4.38. The Labute approximate surface area is 114 Å². The van der Waals surface area contributed by atoms with Gasteiger partial charge in [0.1, 0.15) is 0 Å². The molecule has 104 valence electrons.